The fraction of sp³-hybridized carbons (Fsp3) is 0.833. The van der Waals surface area contributed by atoms with E-state index in [1.165, 1.54) is 69.2 Å². The molecule has 1 heterocycles. The number of aryl methyl sites for hydroxylation is 1. The molecule has 1 aromatic heterocycles. The quantitative estimate of drug-likeness (QED) is 0.497. The topological polar surface area (TPSA) is 17.8 Å². The van der Waals surface area contributed by atoms with Crippen LogP contribution in [0.3, 0.4) is 0 Å². The molecule has 0 aliphatic rings. The predicted octanol–water partition coefficient (Wildman–Crippen LogP) is 5.77. The van der Waals surface area contributed by atoms with Gasteiger partial charge in [0.05, 0.1) is 12.0 Å². The normalized spacial score (nSPS) is 14.4. The van der Waals surface area contributed by atoms with Crippen molar-refractivity contribution in [2.24, 2.45) is 0 Å². The summed E-state index contributed by atoms with van der Waals surface area (Å²) in [6.45, 7) is 11.3. The van der Waals surface area contributed by atoms with E-state index in [9.17, 15) is 0 Å². The second-order valence-corrected chi connectivity index (χ2v) is 6.55. The molecule has 0 amide bonds. The molecule has 0 aliphatic carbocycles. The first-order valence-corrected chi connectivity index (χ1v) is 8.56. The average Bonchev–Trinajstić information content (AvgIpc) is 2.77. The minimum absolute atomic E-state index is 0.258. The van der Waals surface area contributed by atoms with Crippen molar-refractivity contribution in [3.8, 4) is 0 Å². The Morgan fingerprint density at radius 2 is 1.55 bits per heavy atom. The zero-order valence-electron chi connectivity index (χ0n) is 14.3. The number of hydrogen-bond acceptors (Lipinski definition) is 1. The summed E-state index contributed by atoms with van der Waals surface area (Å²) in [6.07, 6.45) is 14.0. The van der Waals surface area contributed by atoms with Crippen molar-refractivity contribution in [1.82, 2.24) is 9.55 Å². The van der Waals surface area contributed by atoms with E-state index in [0.29, 0.717) is 0 Å². The van der Waals surface area contributed by atoms with Gasteiger partial charge in [0.15, 0.2) is 0 Å². The van der Waals surface area contributed by atoms with Gasteiger partial charge in [-0.05, 0) is 33.6 Å². The van der Waals surface area contributed by atoms with Crippen molar-refractivity contribution in [3.63, 3.8) is 0 Å². The monoisotopic (exact) mass is 278 g/mol. The molecule has 116 valence electrons. The highest BCUT2D eigenvalue weighted by atomic mass is 15.1. The molecule has 0 aliphatic heterocycles. The summed E-state index contributed by atoms with van der Waals surface area (Å²) >= 11 is 0. The third kappa shape index (κ3) is 4.64. The van der Waals surface area contributed by atoms with Gasteiger partial charge in [-0.3, -0.25) is 0 Å². The first kappa shape index (κ1) is 17.3. The molecule has 1 rings (SSSR count). The SMILES string of the molecule is CCCCCCCC(C)(CCCC)n1cnc(C)c1C. The number of unbranched alkanes of at least 4 members (excludes halogenated alkanes) is 5. The van der Waals surface area contributed by atoms with Crippen LogP contribution in [0.25, 0.3) is 0 Å². The summed E-state index contributed by atoms with van der Waals surface area (Å²) < 4.78 is 2.44. The molecule has 1 aromatic rings. The molecule has 2 heteroatoms. The van der Waals surface area contributed by atoms with Crippen molar-refractivity contribution >= 4 is 0 Å². The van der Waals surface area contributed by atoms with Crippen molar-refractivity contribution in [3.05, 3.63) is 17.7 Å². The van der Waals surface area contributed by atoms with E-state index >= 15 is 0 Å². The Morgan fingerprint density at radius 3 is 2.10 bits per heavy atom. The summed E-state index contributed by atoms with van der Waals surface area (Å²) in [7, 11) is 0. The Kier molecular flexibility index (Phi) is 7.32. The van der Waals surface area contributed by atoms with E-state index in [0.717, 1.165) is 0 Å². The van der Waals surface area contributed by atoms with Crippen molar-refractivity contribution in [1.29, 1.82) is 0 Å². The van der Waals surface area contributed by atoms with Gasteiger partial charge in [0, 0.05) is 11.2 Å². The zero-order valence-corrected chi connectivity index (χ0v) is 14.3. The second-order valence-electron chi connectivity index (χ2n) is 6.55. The fourth-order valence-corrected chi connectivity index (χ4v) is 3.08. The van der Waals surface area contributed by atoms with Gasteiger partial charge in [-0.1, -0.05) is 58.8 Å². The van der Waals surface area contributed by atoms with E-state index < -0.39 is 0 Å². The maximum Gasteiger partial charge on any atom is 0.0956 e. The van der Waals surface area contributed by atoms with Crippen LogP contribution in [0, 0.1) is 13.8 Å². The van der Waals surface area contributed by atoms with Gasteiger partial charge in [0.2, 0.25) is 0 Å². The van der Waals surface area contributed by atoms with E-state index in [1.54, 1.807) is 0 Å². The summed E-state index contributed by atoms with van der Waals surface area (Å²) in [5.41, 5.74) is 2.78. The van der Waals surface area contributed by atoms with E-state index in [-0.39, 0.29) is 5.54 Å². The van der Waals surface area contributed by atoms with Crippen molar-refractivity contribution in [2.45, 2.75) is 97.9 Å². The Morgan fingerprint density at radius 1 is 0.950 bits per heavy atom. The van der Waals surface area contributed by atoms with Crippen LogP contribution in [0.2, 0.25) is 0 Å². The first-order chi connectivity index (χ1) is 9.55. The summed E-state index contributed by atoms with van der Waals surface area (Å²) in [5, 5.41) is 0. The third-order valence-corrected chi connectivity index (χ3v) is 4.72. The molecular formula is C18H34N2. The van der Waals surface area contributed by atoms with Crippen molar-refractivity contribution < 1.29 is 0 Å². The summed E-state index contributed by atoms with van der Waals surface area (Å²) in [5.74, 6) is 0. The number of aromatic nitrogens is 2. The van der Waals surface area contributed by atoms with Gasteiger partial charge in [-0.15, -0.1) is 0 Å². The molecule has 0 N–H and O–H groups in total. The van der Waals surface area contributed by atoms with E-state index in [2.05, 4.69) is 50.5 Å². The molecule has 0 fully saturated rings. The maximum atomic E-state index is 4.51. The number of imidazole rings is 1. The van der Waals surface area contributed by atoms with Gasteiger partial charge in [-0.2, -0.15) is 0 Å². The molecule has 0 radical (unpaired) electrons. The lowest BCUT2D eigenvalue weighted by Gasteiger charge is -2.33. The summed E-state index contributed by atoms with van der Waals surface area (Å²) in [6, 6.07) is 0. The van der Waals surface area contributed by atoms with Crippen LogP contribution in [0.5, 0.6) is 0 Å². The number of hydrogen-bond donors (Lipinski definition) is 0. The molecule has 0 bridgehead atoms. The Hall–Kier alpha value is -0.790. The lowest BCUT2D eigenvalue weighted by molar-refractivity contribution is 0.248. The minimum Gasteiger partial charge on any atom is -0.329 e. The number of nitrogens with zero attached hydrogens (tertiary/aromatic N) is 2. The Labute approximate surface area is 126 Å². The van der Waals surface area contributed by atoms with Crippen LogP contribution in [-0.2, 0) is 5.54 Å². The molecule has 0 aromatic carbocycles. The van der Waals surface area contributed by atoms with E-state index in [1.807, 2.05) is 0 Å². The maximum absolute atomic E-state index is 4.51. The van der Waals surface area contributed by atoms with Crippen molar-refractivity contribution in [2.75, 3.05) is 0 Å². The van der Waals surface area contributed by atoms with Gasteiger partial charge in [-0.25, -0.2) is 4.98 Å². The highest BCUT2D eigenvalue weighted by Gasteiger charge is 2.26. The molecule has 1 unspecified atom stereocenters. The largest absolute Gasteiger partial charge is 0.329 e. The van der Waals surface area contributed by atoms with Gasteiger partial charge >= 0.3 is 0 Å². The van der Waals surface area contributed by atoms with Crippen LogP contribution >= 0.6 is 0 Å². The van der Waals surface area contributed by atoms with Gasteiger partial charge in [0.1, 0.15) is 0 Å². The molecule has 20 heavy (non-hydrogen) atoms. The second kappa shape index (κ2) is 8.49. The molecular weight excluding hydrogens is 244 g/mol. The fourth-order valence-electron chi connectivity index (χ4n) is 3.08. The van der Waals surface area contributed by atoms with E-state index in [4.69, 9.17) is 0 Å². The predicted molar refractivity (Wildman–Crippen MR) is 88.3 cm³/mol. The molecule has 0 saturated heterocycles. The third-order valence-electron chi connectivity index (χ3n) is 4.72. The van der Waals surface area contributed by atoms with Gasteiger partial charge in [0.25, 0.3) is 0 Å². The first-order valence-electron chi connectivity index (χ1n) is 8.56. The molecule has 0 spiro atoms. The standard InChI is InChI=1S/C18H34N2/c1-6-8-10-11-12-14-18(5,13-9-7-2)20-15-19-16(3)17(20)4/h15H,6-14H2,1-5H3. The van der Waals surface area contributed by atoms with Crippen LogP contribution in [0.1, 0.15) is 89.9 Å². The highest BCUT2D eigenvalue weighted by Crippen LogP contribution is 2.31. The van der Waals surface area contributed by atoms with Gasteiger partial charge < -0.3 is 4.57 Å². The lowest BCUT2D eigenvalue weighted by Crippen LogP contribution is -2.30. The smallest absolute Gasteiger partial charge is 0.0956 e. The molecule has 1 atom stereocenters. The van der Waals surface area contributed by atoms with Crippen LogP contribution in [-0.4, -0.2) is 9.55 Å². The Bertz CT molecular complexity index is 381. The minimum atomic E-state index is 0.258. The zero-order chi connectivity index (χ0) is 15.0. The Balaban J connectivity index is 2.68. The molecule has 0 saturated carbocycles. The van der Waals surface area contributed by atoms with Crippen LogP contribution in [0.4, 0.5) is 0 Å². The van der Waals surface area contributed by atoms with Crippen LogP contribution in [0.15, 0.2) is 6.33 Å². The summed E-state index contributed by atoms with van der Waals surface area (Å²) in [4.78, 5) is 4.51. The average molecular weight is 278 g/mol. The lowest BCUT2D eigenvalue weighted by atomic mass is 9.88. The molecule has 2 nitrogen and oxygen atoms in total. The highest BCUT2D eigenvalue weighted by molar-refractivity contribution is 5.11. The van der Waals surface area contributed by atoms with Crippen LogP contribution < -0.4 is 0 Å². The number of rotatable bonds is 10.